The molecule has 0 aliphatic carbocycles. The maximum atomic E-state index is 13.2. The number of hydrazone groups is 1. The Morgan fingerprint density at radius 3 is 2.50 bits per heavy atom. The minimum absolute atomic E-state index is 0.0256. The van der Waals surface area contributed by atoms with Crippen molar-refractivity contribution < 1.29 is 14.7 Å². The Morgan fingerprint density at radius 1 is 1.03 bits per heavy atom. The summed E-state index contributed by atoms with van der Waals surface area (Å²) in [5.41, 5.74) is 3.53. The summed E-state index contributed by atoms with van der Waals surface area (Å²) in [5, 5.41) is 24.2. The van der Waals surface area contributed by atoms with Crippen LogP contribution in [0.5, 0.6) is 5.75 Å². The van der Waals surface area contributed by atoms with Gasteiger partial charge < -0.3 is 10.4 Å². The second-order valence-electron chi connectivity index (χ2n) is 7.84. The summed E-state index contributed by atoms with van der Waals surface area (Å²) in [5.74, 6) is -1.17. The van der Waals surface area contributed by atoms with Crippen LogP contribution in [-0.4, -0.2) is 33.3 Å². The summed E-state index contributed by atoms with van der Waals surface area (Å²) in [4.78, 5) is 38.4. The molecule has 1 atom stereocenters. The van der Waals surface area contributed by atoms with Crippen LogP contribution >= 0.6 is 0 Å². The number of allylic oxidation sites excluding steroid dienone is 1. The van der Waals surface area contributed by atoms with Crippen molar-refractivity contribution in [2.75, 3.05) is 0 Å². The van der Waals surface area contributed by atoms with Crippen LogP contribution in [0.4, 0.5) is 0 Å². The quantitative estimate of drug-likeness (QED) is 0.174. The van der Waals surface area contributed by atoms with E-state index in [-0.39, 0.29) is 11.4 Å². The van der Waals surface area contributed by atoms with Gasteiger partial charge in [0, 0.05) is 16.5 Å². The number of hydrogen-bond acceptors (Lipinski definition) is 6. The van der Waals surface area contributed by atoms with E-state index in [0.717, 1.165) is 0 Å². The number of aromatic hydroxyl groups is 1. The third kappa shape index (κ3) is 5.20. The summed E-state index contributed by atoms with van der Waals surface area (Å²) in [6.07, 6.45) is 3.44. The van der Waals surface area contributed by atoms with Crippen molar-refractivity contribution in [3.05, 3.63) is 118 Å². The van der Waals surface area contributed by atoms with E-state index < -0.39 is 23.4 Å². The Morgan fingerprint density at radius 2 is 1.75 bits per heavy atom. The number of benzene rings is 3. The van der Waals surface area contributed by atoms with Crippen molar-refractivity contribution in [3.63, 3.8) is 0 Å². The van der Waals surface area contributed by atoms with Gasteiger partial charge in [-0.15, -0.1) is 6.58 Å². The number of aromatic nitrogens is 2. The van der Waals surface area contributed by atoms with Crippen molar-refractivity contribution in [2.24, 2.45) is 5.10 Å². The van der Waals surface area contributed by atoms with Crippen LogP contribution < -0.4 is 16.3 Å². The number of carbonyl (C=O) groups excluding carboxylic acids is 2. The van der Waals surface area contributed by atoms with Crippen molar-refractivity contribution in [2.45, 2.75) is 12.5 Å². The Bertz CT molecular complexity index is 1510. The molecule has 4 rings (SSSR count). The third-order valence-corrected chi connectivity index (χ3v) is 5.47. The van der Waals surface area contributed by atoms with Gasteiger partial charge in [0.1, 0.15) is 11.4 Å². The molecule has 0 fully saturated rings. The molecule has 0 spiro atoms. The van der Waals surface area contributed by atoms with Gasteiger partial charge in [-0.1, -0.05) is 54.6 Å². The lowest BCUT2D eigenvalue weighted by Crippen LogP contribution is -2.40. The molecule has 2 amide bonds. The number of phenolic OH excluding ortho intramolecular Hbond substituents is 1. The number of nitrogens with one attached hydrogen (secondary N) is 3. The molecule has 0 radical (unpaired) electrons. The Balaban J connectivity index is 1.66. The topological polar surface area (TPSA) is 137 Å². The number of aromatic amines is 1. The van der Waals surface area contributed by atoms with E-state index in [1.165, 1.54) is 6.21 Å². The minimum Gasteiger partial charge on any atom is -0.507 e. The second-order valence-corrected chi connectivity index (χ2v) is 7.84. The fourth-order valence-electron chi connectivity index (χ4n) is 3.68. The van der Waals surface area contributed by atoms with Gasteiger partial charge in [0.05, 0.1) is 11.6 Å². The van der Waals surface area contributed by atoms with E-state index >= 15 is 0 Å². The molecule has 0 aliphatic rings. The molecule has 180 valence electrons. The first kappa shape index (κ1) is 24.1. The lowest BCUT2D eigenvalue weighted by atomic mass is 10.0. The summed E-state index contributed by atoms with van der Waals surface area (Å²) >= 11 is 0. The smallest absolute Gasteiger partial charge is 0.272 e. The van der Waals surface area contributed by atoms with Gasteiger partial charge in [0.15, 0.2) is 6.04 Å². The highest BCUT2D eigenvalue weighted by Gasteiger charge is 2.27. The number of fused-ring (bicyclic) bond motifs is 1. The maximum Gasteiger partial charge on any atom is 0.272 e. The highest BCUT2D eigenvalue weighted by molar-refractivity contribution is 5.99. The molecule has 9 heteroatoms. The van der Waals surface area contributed by atoms with Crippen molar-refractivity contribution in [1.29, 1.82) is 0 Å². The zero-order valence-corrected chi connectivity index (χ0v) is 19.1. The first-order valence-corrected chi connectivity index (χ1v) is 11.1. The van der Waals surface area contributed by atoms with Crippen LogP contribution in [0.2, 0.25) is 0 Å². The van der Waals surface area contributed by atoms with Gasteiger partial charge in [0.2, 0.25) is 0 Å². The van der Waals surface area contributed by atoms with Crippen LogP contribution in [0, 0.1) is 0 Å². The lowest BCUT2D eigenvalue weighted by Gasteiger charge is -2.18. The predicted molar refractivity (Wildman–Crippen MR) is 137 cm³/mol. The van der Waals surface area contributed by atoms with Crippen LogP contribution in [0.3, 0.4) is 0 Å². The summed E-state index contributed by atoms with van der Waals surface area (Å²) < 4.78 is 0. The van der Waals surface area contributed by atoms with Crippen molar-refractivity contribution in [1.82, 2.24) is 20.9 Å². The SMILES string of the molecule is C=CCc1cccc(C=NNC(=O)[C@H](NC(=O)c2ccccc2)c2n[nH]c(=O)c3ccccc23)c1O. The Labute approximate surface area is 206 Å². The lowest BCUT2D eigenvalue weighted by molar-refractivity contribution is -0.123. The van der Waals surface area contributed by atoms with Gasteiger partial charge in [0.25, 0.3) is 17.4 Å². The monoisotopic (exact) mass is 481 g/mol. The van der Waals surface area contributed by atoms with E-state index in [9.17, 15) is 19.5 Å². The average molecular weight is 482 g/mol. The number of para-hydroxylation sites is 1. The minimum atomic E-state index is -1.28. The number of phenols is 1. The molecular formula is C27H23N5O4. The van der Waals surface area contributed by atoms with E-state index in [0.29, 0.717) is 33.9 Å². The Kier molecular flexibility index (Phi) is 7.30. The molecular weight excluding hydrogens is 458 g/mol. The molecule has 1 aromatic heterocycles. The first-order chi connectivity index (χ1) is 17.5. The zero-order valence-electron chi connectivity index (χ0n) is 19.1. The molecule has 0 bridgehead atoms. The summed E-state index contributed by atoms with van der Waals surface area (Å²) in [7, 11) is 0. The van der Waals surface area contributed by atoms with Crippen molar-refractivity contribution >= 4 is 28.8 Å². The maximum absolute atomic E-state index is 13.2. The fourth-order valence-corrected chi connectivity index (χ4v) is 3.68. The number of carbonyl (C=O) groups is 2. The van der Waals surface area contributed by atoms with Gasteiger partial charge in [-0.3, -0.25) is 14.4 Å². The van der Waals surface area contributed by atoms with E-state index in [4.69, 9.17) is 0 Å². The van der Waals surface area contributed by atoms with Gasteiger partial charge in [-0.2, -0.15) is 10.2 Å². The van der Waals surface area contributed by atoms with Crippen LogP contribution in [0.25, 0.3) is 10.8 Å². The predicted octanol–water partition coefficient (Wildman–Crippen LogP) is 2.98. The van der Waals surface area contributed by atoms with Gasteiger partial charge >= 0.3 is 0 Å². The second kappa shape index (κ2) is 10.9. The van der Waals surface area contributed by atoms with E-state index in [2.05, 4.69) is 32.6 Å². The zero-order chi connectivity index (χ0) is 25.5. The molecule has 0 unspecified atom stereocenters. The number of amides is 2. The van der Waals surface area contributed by atoms with Gasteiger partial charge in [-0.05, 0) is 36.2 Å². The average Bonchev–Trinajstić information content (AvgIpc) is 2.90. The van der Waals surface area contributed by atoms with Crippen LogP contribution in [-0.2, 0) is 11.2 Å². The largest absolute Gasteiger partial charge is 0.507 e. The van der Waals surface area contributed by atoms with E-state index in [1.807, 2.05) is 0 Å². The molecule has 1 heterocycles. The van der Waals surface area contributed by atoms with Crippen molar-refractivity contribution in [3.8, 4) is 5.75 Å². The van der Waals surface area contributed by atoms with E-state index in [1.54, 1.807) is 78.9 Å². The number of rotatable bonds is 8. The third-order valence-electron chi connectivity index (χ3n) is 5.47. The number of H-pyrrole nitrogens is 1. The summed E-state index contributed by atoms with van der Waals surface area (Å²) in [6.45, 7) is 3.67. The highest BCUT2D eigenvalue weighted by atomic mass is 16.3. The molecule has 0 aliphatic heterocycles. The van der Waals surface area contributed by atoms with Crippen LogP contribution in [0.1, 0.15) is 33.2 Å². The normalized spacial score (nSPS) is 11.8. The Hall–Kier alpha value is -5.05. The highest BCUT2D eigenvalue weighted by Crippen LogP contribution is 2.22. The molecule has 0 saturated carbocycles. The molecule has 3 aromatic carbocycles. The first-order valence-electron chi connectivity index (χ1n) is 11.1. The molecule has 36 heavy (non-hydrogen) atoms. The van der Waals surface area contributed by atoms with Gasteiger partial charge in [-0.25, -0.2) is 10.5 Å². The standard InChI is InChI=1S/C27H23N5O4/c1-2-9-17-12-8-13-19(24(17)33)16-28-31-27(36)23(29-25(34)18-10-4-3-5-11-18)22-20-14-6-7-15-21(20)26(35)32-30-22/h2-8,10-16,23,33H,1,9H2,(H,29,34)(H,31,36)(H,32,35)/t23-/m1/s1. The molecule has 0 saturated heterocycles. The molecule has 4 aromatic rings. The molecule has 9 nitrogen and oxygen atoms in total. The number of hydrogen-bond donors (Lipinski definition) is 4. The van der Waals surface area contributed by atoms with Crippen LogP contribution in [0.15, 0.2) is 95.3 Å². The number of nitrogens with zero attached hydrogens (tertiary/aromatic N) is 2. The summed E-state index contributed by atoms with van der Waals surface area (Å²) in [6, 6.07) is 18.9. The molecule has 4 N–H and O–H groups in total. The fraction of sp³-hybridized carbons (Fsp3) is 0.0741.